The first-order valence-electron chi connectivity index (χ1n) is 6.03. The number of carbonyl (C=O) groups is 1. The highest BCUT2D eigenvalue weighted by molar-refractivity contribution is 5.87. The summed E-state index contributed by atoms with van der Waals surface area (Å²) < 4.78 is 4.79. The Labute approximate surface area is 108 Å². The molecular formula is C15H20O3. The van der Waals surface area contributed by atoms with Gasteiger partial charge in [-0.3, -0.25) is 0 Å². The summed E-state index contributed by atoms with van der Waals surface area (Å²) in [6, 6.07) is 5.41. The molecule has 0 aliphatic rings. The number of phenolic OH excluding ortho intramolecular Hbond substituents is 1. The molecule has 18 heavy (non-hydrogen) atoms. The molecule has 3 heteroatoms. The molecule has 0 aromatic heterocycles. The van der Waals surface area contributed by atoms with E-state index in [4.69, 9.17) is 4.74 Å². The van der Waals surface area contributed by atoms with Gasteiger partial charge < -0.3 is 9.84 Å². The van der Waals surface area contributed by atoms with E-state index < -0.39 is 5.97 Å². The van der Waals surface area contributed by atoms with Crippen molar-refractivity contribution in [3.8, 4) is 5.75 Å². The highest BCUT2D eigenvalue weighted by Crippen LogP contribution is 2.28. The summed E-state index contributed by atoms with van der Waals surface area (Å²) in [6.45, 7) is 8.38. The fourth-order valence-corrected chi connectivity index (χ4v) is 1.50. The van der Waals surface area contributed by atoms with Crippen LogP contribution in [0.25, 0.3) is 6.08 Å². The lowest BCUT2D eigenvalue weighted by Gasteiger charge is -2.19. The van der Waals surface area contributed by atoms with Crippen molar-refractivity contribution in [1.82, 2.24) is 0 Å². The van der Waals surface area contributed by atoms with E-state index in [1.54, 1.807) is 19.1 Å². The molecule has 0 heterocycles. The number of aromatic hydroxyl groups is 1. The molecule has 0 saturated heterocycles. The van der Waals surface area contributed by atoms with Gasteiger partial charge >= 0.3 is 5.97 Å². The third-order valence-corrected chi connectivity index (χ3v) is 2.58. The second-order valence-electron chi connectivity index (χ2n) is 5.11. The largest absolute Gasteiger partial charge is 0.507 e. The quantitative estimate of drug-likeness (QED) is 0.659. The molecule has 0 amide bonds. The minimum atomic E-state index is -0.405. The lowest BCUT2D eigenvalue weighted by atomic mass is 9.86. The van der Waals surface area contributed by atoms with Gasteiger partial charge in [0.2, 0.25) is 0 Å². The fourth-order valence-electron chi connectivity index (χ4n) is 1.50. The van der Waals surface area contributed by atoms with Crippen molar-refractivity contribution >= 4 is 12.0 Å². The summed E-state index contributed by atoms with van der Waals surface area (Å²) in [5.41, 5.74) is 1.72. The van der Waals surface area contributed by atoms with Crippen molar-refractivity contribution in [3.05, 3.63) is 35.4 Å². The van der Waals surface area contributed by atoms with Crippen LogP contribution in [-0.2, 0) is 14.9 Å². The molecule has 1 N–H and O–H groups in total. The van der Waals surface area contributed by atoms with Crippen LogP contribution in [0.5, 0.6) is 5.75 Å². The Kier molecular flexibility index (Phi) is 4.54. The second-order valence-corrected chi connectivity index (χ2v) is 5.11. The second kappa shape index (κ2) is 5.71. The van der Waals surface area contributed by atoms with Crippen molar-refractivity contribution in [2.45, 2.75) is 33.1 Å². The maximum atomic E-state index is 11.2. The van der Waals surface area contributed by atoms with Gasteiger partial charge in [-0.15, -0.1) is 0 Å². The van der Waals surface area contributed by atoms with Crippen molar-refractivity contribution in [3.63, 3.8) is 0 Å². The van der Waals surface area contributed by atoms with Crippen molar-refractivity contribution < 1.29 is 14.6 Å². The summed E-state index contributed by atoms with van der Waals surface area (Å²) in [5.74, 6) is -0.249. The highest BCUT2D eigenvalue weighted by Gasteiger charge is 2.14. The fraction of sp³-hybridized carbons (Fsp3) is 0.400. The van der Waals surface area contributed by atoms with Gasteiger partial charge in [0.1, 0.15) is 5.75 Å². The number of rotatable bonds is 3. The SMILES string of the molecule is CCOC(=O)/C=C/c1cc(C(C)(C)C)ccc1O. The molecule has 0 bridgehead atoms. The van der Waals surface area contributed by atoms with Crippen molar-refractivity contribution in [2.75, 3.05) is 6.61 Å². The summed E-state index contributed by atoms with van der Waals surface area (Å²) in [7, 11) is 0. The molecule has 0 fully saturated rings. The topological polar surface area (TPSA) is 46.5 Å². The number of carbonyl (C=O) groups excluding carboxylic acids is 1. The Balaban J connectivity index is 2.98. The van der Waals surface area contributed by atoms with Gasteiger partial charge in [0.05, 0.1) is 6.61 Å². The van der Waals surface area contributed by atoms with Crippen LogP contribution in [-0.4, -0.2) is 17.7 Å². The highest BCUT2D eigenvalue weighted by atomic mass is 16.5. The van der Waals surface area contributed by atoms with E-state index in [-0.39, 0.29) is 11.2 Å². The molecule has 1 aromatic carbocycles. The van der Waals surface area contributed by atoms with E-state index in [1.807, 2.05) is 12.1 Å². The lowest BCUT2D eigenvalue weighted by Crippen LogP contribution is -2.10. The van der Waals surface area contributed by atoms with Crippen LogP contribution >= 0.6 is 0 Å². The Morgan fingerprint density at radius 3 is 2.61 bits per heavy atom. The molecule has 0 unspecified atom stereocenters. The maximum Gasteiger partial charge on any atom is 0.330 e. The zero-order valence-electron chi connectivity index (χ0n) is 11.4. The summed E-state index contributed by atoms with van der Waals surface area (Å²) >= 11 is 0. The van der Waals surface area contributed by atoms with Crippen LogP contribution in [0.4, 0.5) is 0 Å². The minimum Gasteiger partial charge on any atom is -0.507 e. The average molecular weight is 248 g/mol. The predicted octanol–water partition coefficient (Wildman–Crippen LogP) is 3.27. The standard InChI is InChI=1S/C15H20O3/c1-5-18-14(17)9-6-11-10-12(15(2,3)4)7-8-13(11)16/h6-10,16H,5H2,1-4H3/b9-6+. The number of benzene rings is 1. The van der Waals surface area contributed by atoms with Crippen LogP contribution in [0, 0.1) is 0 Å². The Bertz CT molecular complexity index is 453. The van der Waals surface area contributed by atoms with Crippen molar-refractivity contribution in [1.29, 1.82) is 0 Å². The number of ether oxygens (including phenoxy) is 1. The molecule has 0 atom stereocenters. The normalized spacial score (nSPS) is 11.8. The molecule has 0 saturated carbocycles. The number of hydrogen-bond donors (Lipinski definition) is 1. The van der Waals surface area contributed by atoms with Crippen LogP contribution in [0.1, 0.15) is 38.8 Å². The number of esters is 1. The van der Waals surface area contributed by atoms with Crippen LogP contribution < -0.4 is 0 Å². The van der Waals surface area contributed by atoms with Gasteiger partial charge in [0.15, 0.2) is 0 Å². The minimum absolute atomic E-state index is 0.000216. The van der Waals surface area contributed by atoms with Crippen LogP contribution in [0.15, 0.2) is 24.3 Å². The smallest absolute Gasteiger partial charge is 0.330 e. The third kappa shape index (κ3) is 3.91. The van der Waals surface area contributed by atoms with Gasteiger partial charge in [0, 0.05) is 11.6 Å². The van der Waals surface area contributed by atoms with Crippen LogP contribution in [0.2, 0.25) is 0 Å². The summed E-state index contributed by atoms with van der Waals surface area (Å²) in [4.78, 5) is 11.2. The number of hydrogen-bond acceptors (Lipinski definition) is 3. The first-order valence-corrected chi connectivity index (χ1v) is 6.03. The van der Waals surface area contributed by atoms with Crippen LogP contribution in [0.3, 0.4) is 0 Å². The van der Waals surface area contributed by atoms with E-state index in [2.05, 4.69) is 20.8 Å². The van der Waals surface area contributed by atoms with Gasteiger partial charge in [-0.1, -0.05) is 26.8 Å². The third-order valence-electron chi connectivity index (χ3n) is 2.58. The van der Waals surface area contributed by atoms with E-state index >= 15 is 0 Å². The van der Waals surface area contributed by atoms with Crippen molar-refractivity contribution in [2.24, 2.45) is 0 Å². The van der Waals surface area contributed by atoms with Gasteiger partial charge in [0.25, 0.3) is 0 Å². The molecule has 0 aliphatic heterocycles. The molecular weight excluding hydrogens is 228 g/mol. The molecule has 1 rings (SSSR count). The Morgan fingerprint density at radius 1 is 1.39 bits per heavy atom. The Morgan fingerprint density at radius 2 is 2.06 bits per heavy atom. The zero-order valence-corrected chi connectivity index (χ0v) is 11.4. The lowest BCUT2D eigenvalue weighted by molar-refractivity contribution is -0.137. The van der Waals surface area contributed by atoms with Gasteiger partial charge in [-0.2, -0.15) is 0 Å². The summed E-state index contributed by atoms with van der Waals surface area (Å²) in [5, 5.41) is 9.74. The van der Waals surface area contributed by atoms with Gasteiger partial charge in [-0.25, -0.2) is 4.79 Å². The van der Waals surface area contributed by atoms with E-state index in [1.165, 1.54) is 6.08 Å². The average Bonchev–Trinajstić information content (AvgIpc) is 2.26. The monoisotopic (exact) mass is 248 g/mol. The van der Waals surface area contributed by atoms with E-state index in [0.29, 0.717) is 12.2 Å². The zero-order chi connectivity index (χ0) is 13.8. The molecule has 0 radical (unpaired) electrons. The van der Waals surface area contributed by atoms with Gasteiger partial charge in [-0.05, 0) is 36.1 Å². The molecule has 0 aliphatic carbocycles. The summed E-state index contributed by atoms with van der Waals surface area (Å²) in [6.07, 6.45) is 2.90. The predicted molar refractivity (Wildman–Crippen MR) is 72.5 cm³/mol. The first-order chi connectivity index (χ1) is 8.34. The molecule has 1 aromatic rings. The molecule has 0 spiro atoms. The van der Waals surface area contributed by atoms with E-state index in [9.17, 15) is 9.90 Å². The van der Waals surface area contributed by atoms with E-state index in [0.717, 1.165) is 5.56 Å². The Hall–Kier alpha value is -1.77. The number of phenols is 1. The molecule has 98 valence electrons. The maximum absolute atomic E-state index is 11.2. The first kappa shape index (κ1) is 14.3. The molecule has 3 nitrogen and oxygen atoms in total.